The number of rotatable bonds is 8. The Hall–Kier alpha value is -3.66. The number of nitro benzene ring substituents is 1. The average molecular weight is 384 g/mol. The van der Waals surface area contributed by atoms with Crippen molar-refractivity contribution in [3.05, 3.63) is 64.7 Å². The minimum Gasteiger partial charge on any atom is -0.396 e. The third-order valence-electron chi connectivity index (χ3n) is 3.74. The van der Waals surface area contributed by atoms with Crippen LogP contribution in [0, 0.1) is 15.9 Å². The minimum atomic E-state index is -0.915. The summed E-state index contributed by atoms with van der Waals surface area (Å²) in [6, 6.07) is 8.74. The zero-order valence-corrected chi connectivity index (χ0v) is 14.7. The van der Waals surface area contributed by atoms with E-state index < -0.39 is 16.4 Å². The van der Waals surface area contributed by atoms with E-state index in [1.54, 1.807) is 30.6 Å². The molecular formula is C18H17FN6O3. The largest absolute Gasteiger partial charge is 0.396 e. The standard InChI is InChI=1S/C18H17FN6O3/c19-14-3-2-13(10-16(14)25(27)28)22-17-11-15(12-4-7-20-8-5-12)23-18(24-17)21-6-1-9-26/h2-5,7-8,10-11,26H,1,6,9H2,(H2,21,22,23,24). The summed E-state index contributed by atoms with van der Waals surface area (Å²) >= 11 is 0. The van der Waals surface area contributed by atoms with Crippen LogP contribution in [0.5, 0.6) is 0 Å². The maximum Gasteiger partial charge on any atom is 0.306 e. The number of benzene rings is 1. The number of nitrogens with one attached hydrogen (secondary N) is 2. The van der Waals surface area contributed by atoms with Crippen LogP contribution in [0.4, 0.5) is 27.5 Å². The molecule has 0 saturated carbocycles. The number of aliphatic hydroxyl groups is 1. The van der Waals surface area contributed by atoms with Crippen molar-refractivity contribution >= 4 is 23.1 Å². The molecule has 3 rings (SSSR count). The molecule has 28 heavy (non-hydrogen) atoms. The van der Waals surface area contributed by atoms with Crippen LogP contribution in [0.2, 0.25) is 0 Å². The number of halogens is 1. The number of hydrogen-bond acceptors (Lipinski definition) is 8. The highest BCUT2D eigenvalue weighted by Gasteiger charge is 2.15. The summed E-state index contributed by atoms with van der Waals surface area (Å²) in [5, 5.41) is 25.8. The Bertz CT molecular complexity index is 971. The molecule has 2 aromatic heterocycles. The summed E-state index contributed by atoms with van der Waals surface area (Å²) in [5.41, 5.74) is 1.09. The summed E-state index contributed by atoms with van der Waals surface area (Å²) < 4.78 is 13.6. The van der Waals surface area contributed by atoms with Crippen molar-refractivity contribution < 1.29 is 14.4 Å². The molecule has 10 heteroatoms. The molecule has 0 aliphatic heterocycles. The topological polar surface area (TPSA) is 126 Å². The molecule has 0 atom stereocenters. The molecule has 0 radical (unpaired) electrons. The van der Waals surface area contributed by atoms with Crippen molar-refractivity contribution in [3.8, 4) is 11.3 Å². The molecule has 0 aliphatic rings. The molecule has 0 aliphatic carbocycles. The van der Waals surface area contributed by atoms with Gasteiger partial charge in [-0.3, -0.25) is 15.1 Å². The summed E-state index contributed by atoms with van der Waals surface area (Å²) in [4.78, 5) is 22.9. The normalized spacial score (nSPS) is 10.5. The van der Waals surface area contributed by atoms with Crippen LogP contribution in [-0.4, -0.2) is 38.1 Å². The Balaban J connectivity index is 1.94. The maximum atomic E-state index is 13.6. The van der Waals surface area contributed by atoms with Crippen LogP contribution in [0.25, 0.3) is 11.3 Å². The van der Waals surface area contributed by atoms with Gasteiger partial charge in [-0.2, -0.15) is 9.37 Å². The lowest BCUT2D eigenvalue weighted by molar-refractivity contribution is -0.387. The lowest BCUT2D eigenvalue weighted by Crippen LogP contribution is -2.08. The smallest absolute Gasteiger partial charge is 0.306 e. The predicted molar refractivity (Wildman–Crippen MR) is 102 cm³/mol. The second kappa shape index (κ2) is 8.82. The first-order valence-corrected chi connectivity index (χ1v) is 8.42. The number of aromatic nitrogens is 3. The highest BCUT2D eigenvalue weighted by Crippen LogP contribution is 2.26. The molecule has 0 amide bonds. The lowest BCUT2D eigenvalue weighted by atomic mass is 10.2. The van der Waals surface area contributed by atoms with Gasteiger partial charge in [0.2, 0.25) is 11.8 Å². The highest BCUT2D eigenvalue weighted by atomic mass is 19.1. The number of aliphatic hydroxyl groups excluding tert-OH is 1. The molecule has 1 aromatic carbocycles. The summed E-state index contributed by atoms with van der Waals surface area (Å²) in [7, 11) is 0. The Kier molecular flexibility index (Phi) is 6.02. The van der Waals surface area contributed by atoms with E-state index in [-0.39, 0.29) is 6.61 Å². The lowest BCUT2D eigenvalue weighted by Gasteiger charge is -2.11. The number of pyridine rings is 1. The van der Waals surface area contributed by atoms with Crippen molar-refractivity contribution in [1.29, 1.82) is 0 Å². The van der Waals surface area contributed by atoms with Crippen LogP contribution in [0.15, 0.2) is 48.8 Å². The Morgan fingerprint density at radius 1 is 1.14 bits per heavy atom. The molecule has 0 bridgehead atoms. The highest BCUT2D eigenvalue weighted by molar-refractivity contribution is 5.68. The van der Waals surface area contributed by atoms with Gasteiger partial charge in [0.1, 0.15) is 5.82 Å². The van der Waals surface area contributed by atoms with Crippen molar-refractivity contribution in [3.63, 3.8) is 0 Å². The molecule has 0 fully saturated rings. The first kappa shape index (κ1) is 19.1. The van der Waals surface area contributed by atoms with Crippen LogP contribution in [0.3, 0.4) is 0 Å². The summed E-state index contributed by atoms with van der Waals surface area (Å²) in [6.45, 7) is 0.499. The predicted octanol–water partition coefficient (Wildman–Crippen LogP) is 3.12. The van der Waals surface area contributed by atoms with Gasteiger partial charge in [-0.1, -0.05) is 0 Å². The first-order chi connectivity index (χ1) is 13.6. The summed E-state index contributed by atoms with van der Waals surface area (Å²) in [5.74, 6) is -0.224. The van der Waals surface area contributed by atoms with E-state index in [2.05, 4.69) is 25.6 Å². The van der Waals surface area contributed by atoms with E-state index in [0.717, 1.165) is 17.7 Å². The quantitative estimate of drug-likeness (QED) is 0.307. The first-order valence-electron chi connectivity index (χ1n) is 8.42. The van der Waals surface area contributed by atoms with E-state index in [4.69, 9.17) is 5.11 Å². The third kappa shape index (κ3) is 4.74. The molecule has 3 aromatic rings. The molecule has 9 nitrogen and oxygen atoms in total. The number of nitro groups is 1. The van der Waals surface area contributed by atoms with Gasteiger partial charge in [0.25, 0.3) is 0 Å². The fourth-order valence-corrected chi connectivity index (χ4v) is 2.42. The van der Waals surface area contributed by atoms with Gasteiger partial charge in [0.05, 0.1) is 10.6 Å². The second-order valence-corrected chi connectivity index (χ2v) is 5.75. The van der Waals surface area contributed by atoms with Gasteiger partial charge in [0.15, 0.2) is 0 Å². The monoisotopic (exact) mass is 384 g/mol. The fraction of sp³-hybridized carbons (Fsp3) is 0.167. The zero-order chi connectivity index (χ0) is 19.9. The number of nitrogens with zero attached hydrogens (tertiary/aromatic N) is 4. The molecular weight excluding hydrogens is 367 g/mol. The van der Waals surface area contributed by atoms with Gasteiger partial charge in [-0.15, -0.1) is 0 Å². The average Bonchev–Trinajstić information content (AvgIpc) is 2.70. The van der Waals surface area contributed by atoms with E-state index >= 15 is 0 Å². The third-order valence-corrected chi connectivity index (χ3v) is 3.74. The molecule has 0 spiro atoms. The SMILES string of the molecule is O=[N+]([O-])c1cc(Nc2cc(-c3ccncc3)nc(NCCCO)n2)ccc1F. The van der Waals surface area contributed by atoms with Crippen LogP contribution in [-0.2, 0) is 0 Å². The van der Waals surface area contributed by atoms with Crippen LogP contribution < -0.4 is 10.6 Å². The summed E-state index contributed by atoms with van der Waals surface area (Å²) in [6.07, 6.45) is 3.79. The van der Waals surface area contributed by atoms with E-state index in [9.17, 15) is 14.5 Å². The Labute approximate surface area is 159 Å². The van der Waals surface area contributed by atoms with Gasteiger partial charge in [-0.25, -0.2) is 4.98 Å². The molecule has 0 unspecified atom stereocenters. The van der Waals surface area contributed by atoms with Crippen molar-refractivity contribution in [2.24, 2.45) is 0 Å². The van der Waals surface area contributed by atoms with E-state index in [0.29, 0.717) is 36.1 Å². The maximum absolute atomic E-state index is 13.6. The molecule has 2 heterocycles. The fourth-order valence-electron chi connectivity index (χ4n) is 2.42. The molecule has 144 valence electrons. The van der Waals surface area contributed by atoms with E-state index in [1.807, 2.05) is 0 Å². The van der Waals surface area contributed by atoms with Crippen molar-refractivity contribution in [2.75, 3.05) is 23.8 Å². The van der Waals surface area contributed by atoms with Gasteiger partial charge in [-0.05, 0) is 30.7 Å². The van der Waals surface area contributed by atoms with Gasteiger partial charge in [0, 0.05) is 48.9 Å². The van der Waals surface area contributed by atoms with Crippen LogP contribution in [0.1, 0.15) is 6.42 Å². The second-order valence-electron chi connectivity index (χ2n) is 5.75. The Morgan fingerprint density at radius 3 is 2.64 bits per heavy atom. The number of anilines is 3. The zero-order valence-electron chi connectivity index (χ0n) is 14.7. The minimum absolute atomic E-state index is 0.0292. The molecule has 0 saturated heterocycles. The van der Waals surface area contributed by atoms with E-state index in [1.165, 1.54) is 6.07 Å². The van der Waals surface area contributed by atoms with Crippen molar-refractivity contribution in [1.82, 2.24) is 15.0 Å². The Morgan fingerprint density at radius 2 is 1.93 bits per heavy atom. The van der Waals surface area contributed by atoms with Gasteiger partial charge < -0.3 is 15.7 Å². The number of hydrogen-bond donors (Lipinski definition) is 3. The molecule has 3 N–H and O–H groups in total. The van der Waals surface area contributed by atoms with Crippen molar-refractivity contribution in [2.45, 2.75) is 6.42 Å². The van der Waals surface area contributed by atoms with Gasteiger partial charge >= 0.3 is 5.69 Å². The van der Waals surface area contributed by atoms with Crippen LogP contribution >= 0.6 is 0 Å².